The zero-order valence-corrected chi connectivity index (χ0v) is 20.5. The molecule has 0 unspecified atom stereocenters. The lowest BCUT2D eigenvalue weighted by Crippen LogP contribution is -2.32. The molecule has 2 aromatic carbocycles. The number of benzene rings is 2. The fourth-order valence-corrected chi connectivity index (χ4v) is 5.80. The van der Waals surface area contributed by atoms with Crippen molar-refractivity contribution in [1.29, 1.82) is 0 Å². The van der Waals surface area contributed by atoms with E-state index < -0.39 is 15.9 Å². The number of carbonyl (C=O) groups is 1. The summed E-state index contributed by atoms with van der Waals surface area (Å²) in [6.45, 7) is 2.62. The van der Waals surface area contributed by atoms with Crippen LogP contribution in [0.3, 0.4) is 0 Å². The minimum atomic E-state index is -3.82. The van der Waals surface area contributed by atoms with E-state index in [9.17, 15) is 18.0 Å². The van der Waals surface area contributed by atoms with Crippen LogP contribution < -0.4 is 15.6 Å². The van der Waals surface area contributed by atoms with E-state index in [1.807, 2.05) is 0 Å². The Kier molecular flexibility index (Phi) is 7.32. The van der Waals surface area contributed by atoms with Crippen LogP contribution in [0, 0.1) is 6.92 Å². The van der Waals surface area contributed by atoms with Gasteiger partial charge < -0.3 is 15.0 Å². The molecular weight excluding hydrogens is 468 g/mol. The van der Waals surface area contributed by atoms with Crippen LogP contribution >= 0.6 is 0 Å². The van der Waals surface area contributed by atoms with Gasteiger partial charge in [0.1, 0.15) is 16.5 Å². The normalized spacial score (nSPS) is 14.8. The average molecular weight is 497 g/mol. The number of H-pyrrole nitrogens is 1. The number of anilines is 1. The maximum Gasteiger partial charge on any atom is 0.255 e. The van der Waals surface area contributed by atoms with Crippen molar-refractivity contribution >= 4 is 21.6 Å². The summed E-state index contributed by atoms with van der Waals surface area (Å²) < 4.78 is 33.6. The maximum atomic E-state index is 13.4. The average Bonchev–Trinajstić information content (AvgIpc) is 3.13. The molecule has 0 bridgehead atoms. The number of nitrogens with zero attached hydrogens (tertiary/aromatic N) is 2. The van der Waals surface area contributed by atoms with Gasteiger partial charge in [-0.05, 0) is 50.1 Å². The van der Waals surface area contributed by atoms with Crippen molar-refractivity contribution in [3.8, 4) is 17.1 Å². The topological polar surface area (TPSA) is 121 Å². The fourth-order valence-electron chi connectivity index (χ4n) is 4.10. The summed E-state index contributed by atoms with van der Waals surface area (Å²) in [5, 5.41) is 2.80. The predicted octanol–water partition coefficient (Wildman–Crippen LogP) is 3.57. The Morgan fingerprint density at radius 3 is 2.49 bits per heavy atom. The molecule has 1 fully saturated rings. The number of nitrogens with one attached hydrogen (secondary N) is 2. The number of rotatable bonds is 6. The zero-order chi connectivity index (χ0) is 25.0. The first kappa shape index (κ1) is 24.6. The number of carbonyl (C=O) groups excluding carboxylic acids is 1. The molecule has 1 aromatic heterocycles. The van der Waals surface area contributed by atoms with E-state index in [0.717, 1.165) is 25.7 Å². The van der Waals surface area contributed by atoms with Crippen LogP contribution in [0.15, 0.2) is 58.2 Å². The molecule has 2 heterocycles. The number of ether oxygens (including phenoxy) is 1. The van der Waals surface area contributed by atoms with Crippen LogP contribution in [0.25, 0.3) is 11.4 Å². The molecule has 0 atom stereocenters. The molecule has 0 spiro atoms. The summed E-state index contributed by atoms with van der Waals surface area (Å²) in [6, 6.07) is 12.7. The molecule has 1 aliphatic heterocycles. The number of hydrogen-bond donors (Lipinski definition) is 2. The van der Waals surface area contributed by atoms with Gasteiger partial charge in [-0.2, -0.15) is 4.31 Å². The molecule has 1 aliphatic rings. The molecule has 3 aromatic rings. The van der Waals surface area contributed by atoms with E-state index in [1.165, 1.54) is 35.7 Å². The van der Waals surface area contributed by atoms with Crippen molar-refractivity contribution in [2.45, 2.75) is 37.5 Å². The highest BCUT2D eigenvalue weighted by atomic mass is 32.2. The van der Waals surface area contributed by atoms with Gasteiger partial charge in [-0.3, -0.25) is 9.59 Å². The summed E-state index contributed by atoms with van der Waals surface area (Å²) in [5.41, 5.74) is 1.60. The number of sulfonamides is 1. The van der Waals surface area contributed by atoms with E-state index in [1.54, 1.807) is 31.2 Å². The third-order valence-corrected chi connectivity index (χ3v) is 7.79. The number of methoxy groups -OCH3 is 1. The van der Waals surface area contributed by atoms with E-state index in [4.69, 9.17) is 4.74 Å². The molecule has 9 nitrogen and oxygen atoms in total. The largest absolute Gasteiger partial charge is 0.495 e. The molecular formula is C25H28N4O5S. The highest BCUT2D eigenvalue weighted by Gasteiger charge is 2.29. The van der Waals surface area contributed by atoms with E-state index in [-0.39, 0.29) is 21.8 Å². The molecule has 4 rings (SSSR count). The Bertz CT molecular complexity index is 1390. The van der Waals surface area contributed by atoms with Gasteiger partial charge >= 0.3 is 0 Å². The van der Waals surface area contributed by atoms with Gasteiger partial charge in [-0.25, -0.2) is 13.4 Å². The third-order valence-electron chi connectivity index (χ3n) is 5.87. The first-order valence-corrected chi connectivity index (χ1v) is 12.9. The molecule has 0 saturated carbocycles. The van der Waals surface area contributed by atoms with Crippen molar-refractivity contribution in [3.63, 3.8) is 0 Å². The van der Waals surface area contributed by atoms with Crippen LogP contribution in [0.2, 0.25) is 0 Å². The van der Waals surface area contributed by atoms with Gasteiger partial charge in [0.05, 0.1) is 7.11 Å². The molecule has 1 amide bonds. The molecule has 35 heavy (non-hydrogen) atoms. The van der Waals surface area contributed by atoms with Crippen molar-refractivity contribution < 1.29 is 17.9 Å². The molecule has 2 N–H and O–H groups in total. The van der Waals surface area contributed by atoms with E-state index >= 15 is 0 Å². The van der Waals surface area contributed by atoms with Gasteiger partial charge in [-0.15, -0.1) is 0 Å². The first-order chi connectivity index (χ1) is 16.8. The summed E-state index contributed by atoms with van der Waals surface area (Å²) in [7, 11) is -2.41. The van der Waals surface area contributed by atoms with Crippen LogP contribution in [-0.2, 0) is 10.0 Å². The molecule has 184 valence electrons. The highest BCUT2D eigenvalue weighted by molar-refractivity contribution is 7.89. The monoisotopic (exact) mass is 496 g/mol. The van der Waals surface area contributed by atoms with Crippen molar-refractivity contribution in [3.05, 3.63) is 70.1 Å². The molecule has 10 heteroatoms. The summed E-state index contributed by atoms with van der Waals surface area (Å²) in [5.74, 6) is 0.117. The second-order valence-corrected chi connectivity index (χ2v) is 10.4. The third kappa shape index (κ3) is 5.60. The SMILES string of the molecule is COc1ccc(C(=O)Nc2cccc(-c3nc(C)cc(=O)[nH]3)c2)cc1S(=O)(=O)N1CCCCCC1. The lowest BCUT2D eigenvalue weighted by atomic mass is 10.1. The lowest BCUT2D eigenvalue weighted by Gasteiger charge is -2.21. The van der Waals surface area contributed by atoms with Gasteiger partial charge in [0.25, 0.3) is 11.5 Å². The summed E-state index contributed by atoms with van der Waals surface area (Å²) in [6.07, 6.45) is 3.60. The van der Waals surface area contributed by atoms with Crippen molar-refractivity contribution in [2.24, 2.45) is 0 Å². The standard InChI is InChI=1S/C25H28N4O5S/c1-17-14-23(30)28-24(26-17)18-8-7-9-20(15-18)27-25(31)19-10-11-21(34-2)22(16-19)35(32,33)29-12-5-3-4-6-13-29/h7-11,14-16H,3-6,12-13H2,1-2H3,(H,27,31)(H,26,28,30). The lowest BCUT2D eigenvalue weighted by molar-refractivity contribution is 0.102. The Morgan fingerprint density at radius 1 is 1.06 bits per heavy atom. The number of aromatic nitrogens is 2. The maximum absolute atomic E-state index is 13.4. The number of amides is 1. The van der Waals surface area contributed by atoms with Crippen molar-refractivity contribution in [1.82, 2.24) is 14.3 Å². The Hall–Kier alpha value is -3.50. The van der Waals surface area contributed by atoms with Gasteiger partial charge in [0.2, 0.25) is 10.0 Å². The second kappa shape index (κ2) is 10.4. The highest BCUT2D eigenvalue weighted by Crippen LogP contribution is 2.30. The van der Waals surface area contributed by atoms with Crippen LogP contribution in [0.4, 0.5) is 5.69 Å². The molecule has 1 saturated heterocycles. The Labute approximate surface area is 204 Å². The number of hydrogen-bond acceptors (Lipinski definition) is 6. The Balaban J connectivity index is 1.61. The quantitative estimate of drug-likeness (QED) is 0.538. The van der Waals surface area contributed by atoms with Gasteiger partial charge in [-0.1, -0.05) is 25.0 Å². The van der Waals surface area contributed by atoms with Gasteiger partial charge in [0.15, 0.2) is 0 Å². The molecule has 0 aliphatic carbocycles. The second-order valence-electron chi connectivity index (χ2n) is 8.45. The fraction of sp³-hybridized carbons (Fsp3) is 0.320. The number of aromatic amines is 1. The minimum absolute atomic E-state index is 0.0233. The Morgan fingerprint density at radius 2 is 1.80 bits per heavy atom. The van der Waals surface area contributed by atoms with E-state index in [2.05, 4.69) is 15.3 Å². The zero-order valence-electron chi connectivity index (χ0n) is 19.7. The summed E-state index contributed by atoms with van der Waals surface area (Å²) in [4.78, 5) is 31.8. The van der Waals surface area contributed by atoms with Crippen LogP contribution in [0.1, 0.15) is 41.7 Å². The predicted molar refractivity (Wildman–Crippen MR) is 133 cm³/mol. The molecule has 0 radical (unpaired) electrons. The first-order valence-electron chi connectivity index (χ1n) is 11.5. The summed E-state index contributed by atoms with van der Waals surface area (Å²) >= 11 is 0. The van der Waals surface area contributed by atoms with Crippen LogP contribution in [0.5, 0.6) is 5.75 Å². The minimum Gasteiger partial charge on any atom is -0.495 e. The van der Waals surface area contributed by atoms with Crippen LogP contribution in [-0.4, -0.2) is 48.8 Å². The van der Waals surface area contributed by atoms with Crippen molar-refractivity contribution in [2.75, 3.05) is 25.5 Å². The van der Waals surface area contributed by atoms with E-state index in [0.29, 0.717) is 35.9 Å². The number of aryl methyl sites for hydroxylation is 1. The van der Waals surface area contributed by atoms with Gasteiger partial charge in [0, 0.05) is 41.7 Å². The smallest absolute Gasteiger partial charge is 0.255 e.